The molecule has 2 amide bonds. The van der Waals surface area contributed by atoms with Crippen molar-refractivity contribution in [3.05, 3.63) is 83.7 Å². The molecule has 0 spiro atoms. The number of aromatic amines is 1. The zero-order chi connectivity index (χ0) is 27.4. The zero-order valence-electron chi connectivity index (χ0n) is 21.8. The molecule has 3 heterocycles. The van der Waals surface area contributed by atoms with Gasteiger partial charge in [-0.3, -0.25) is 9.59 Å². The van der Waals surface area contributed by atoms with Gasteiger partial charge in [-0.15, -0.1) is 0 Å². The molecule has 5 rings (SSSR count). The van der Waals surface area contributed by atoms with E-state index in [-0.39, 0.29) is 17.9 Å². The van der Waals surface area contributed by atoms with Crippen LogP contribution < -0.4 is 10.6 Å². The Morgan fingerprint density at radius 1 is 1.18 bits per heavy atom. The standard InChI is InChI=1S/C29H30ClN7O2/c1-36(2)14-5-8-26(38)33-20-11-9-19(10-12-20)28(39)37-15-13-21(18-37)34-29-32-17-24(30)27(35-29)23-16-31-25-7-4-3-6-22(23)25/h3-12,16-17,21,31H,13-15,18H2,1-2H3,(H,33,38)(H,32,34,35). The molecule has 1 fully saturated rings. The van der Waals surface area contributed by atoms with Gasteiger partial charge in [0.05, 0.1) is 16.9 Å². The fourth-order valence-corrected chi connectivity index (χ4v) is 4.76. The normalized spacial score (nSPS) is 15.4. The summed E-state index contributed by atoms with van der Waals surface area (Å²) in [4.78, 5) is 41.3. The third-order valence-corrected chi connectivity index (χ3v) is 6.81. The number of aromatic nitrogens is 3. The number of likely N-dealkylation sites (N-methyl/N-ethyl adjacent to an activating group) is 1. The van der Waals surface area contributed by atoms with E-state index in [0.29, 0.717) is 47.6 Å². The molecule has 0 saturated carbocycles. The maximum absolute atomic E-state index is 13.1. The van der Waals surface area contributed by atoms with E-state index in [1.165, 1.54) is 6.08 Å². The molecule has 2 aromatic heterocycles. The monoisotopic (exact) mass is 543 g/mol. The second kappa shape index (κ2) is 11.7. The molecule has 1 atom stereocenters. The number of amides is 2. The van der Waals surface area contributed by atoms with E-state index in [2.05, 4.69) is 20.6 Å². The summed E-state index contributed by atoms with van der Waals surface area (Å²) in [7, 11) is 3.87. The number of likely N-dealkylation sites (tertiary alicyclic amines) is 1. The molecule has 4 aromatic rings. The third kappa shape index (κ3) is 6.27. The highest BCUT2D eigenvalue weighted by atomic mass is 35.5. The lowest BCUT2D eigenvalue weighted by atomic mass is 10.1. The molecular formula is C29H30ClN7O2. The number of benzene rings is 2. The predicted molar refractivity (Wildman–Crippen MR) is 155 cm³/mol. The Balaban J connectivity index is 1.19. The van der Waals surface area contributed by atoms with Crippen molar-refractivity contribution in [2.24, 2.45) is 0 Å². The van der Waals surface area contributed by atoms with Gasteiger partial charge in [0.15, 0.2) is 0 Å². The van der Waals surface area contributed by atoms with E-state index in [4.69, 9.17) is 16.6 Å². The van der Waals surface area contributed by atoms with Gasteiger partial charge in [0.25, 0.3) is 5.91 Å². The minimum absolute atomic E-state index is 0.0125. The number of nitrogens with one attached hydrogen (secondary N) is 3. The molecule has 0 bridgehead atoms. The molecule has 3 N–H and O–H groups in total. The average Bonchev–Trinajstić information content (AvgIpc) is 3.57. The van der Waals surface area contributed by atoms with Gasteiger partial charge in [0.2, 0.25) is 11.9 Å². The van der Waals surface area contributed by atoms with Crippen LogP contribution in [0.4, 0.5) is 11.6 Å². The van der Waals surface area contributed by atoms with E-state index in [0.717, 1.165) is 22.9 Å². The number of anilines is 2. The number of carbonyl (C=O) groups is 2. The van der Waals surface area contributed by atoms with E-state index < -0.39 is 0 Å². The van der Waals surface area contributed by atoms with Crippen LogP contribution >= 0.6 is 11.6 Å². The van der Waals surface area contributed by atoms with E-state index in [1.54, 1.807) is 36.5 Å². The second-order valence-corrected chi connectivity index (χ2v) is 10.2. The SMILES string of the molecule is CN(C)CC=CC(=O)Nc1ccc(C(=O)N2CCC(Nc3ncc(Cl)c(-c4c[nH]c5ccccc45)n3)C2)cc1. The molecular weight excluding hydrogens is 514 g/mol. The smallest absolute Gasteiger partial charge is 0.253 e. The van der Waals surface area contributed by atoms with Crippen LogP contribution in [0, 0.1) is 0 Å². The van der Waals surface area contributed by atoms with Gasteiger partial charge >= 0.3 is 0 Å². The van der Waals surface area contributed by atoms with Crippen molar-refractivity contribution < 1.29 is 9.59 Å². The van der Waals surface area contributed by atoms with Crippen molar-refractivity contribution in [2.45, 2.75) is 12.5 Å². The van der Waals surface area contributed by atoms with E-state index in [9.17, 15) is 9.59 Å². The largest absolute Gasteiger partial charge is 0.360 e. The number of rotatable bonds is 8. The summed E-state index contributed by atoms with van der Waals surface area (Å²) in [6.45, 7) is 1.83. The van der Waals surface area contributed by atoms with Crippen LogP contribution in [0.1, 0.15) is 16.8 Å². The highest BCUT2D eigenvalue weighted by molar-refractivity contribution is 6.33. The first-order valence-corrected chi connectivity index (χ1v) is 13.1. The van der Waals surface area contributed by atoms with Crippen LogP contribution in [-0.2, 0) is 4.79 Å². The summed E-state index contributed by atoms with van der Waals surface area (Å²) >= 11 is 6.46. The summed E-state index contributed by atoms with van der Waals surface area (Å²) in [6.07, 6.45) is 7.57. The maximum atomic E-state index is 13.1. The van der Waals surface area contributed by atoms with Gasteiger partial charge in [0.1, 0.15) is 0 Å². The maximum Gasteiger partial charge on any atom is 0.253 e. The van der Waals surface area contributed by atoms with Crippen molar-refractivity contribution in [1.82, 2.24) is 24.8 Å². The van der Waals surface area contributed by atoms with Crippen LogP contribution in [0.5, 0.6) is 0 Å². The molecule has 1 unspecified atom stereocenters. The van der Waals surface area contributed by atoms with Crippen molar-refractivity contribution in [2.75, 3.05) is 44.4 Å². The van der Waals surface area contributed by atoms with Crippen LogP contribution in [0.25, 0.3) is 22.2 Å². The van der Waals surface area contributed by atoms with Crippen LogP contribution in [0.2, 0.25) is 5.02 Å². The quantitative estimate of drug-likeness (QED) is 0.279. The van der Waals surface area contributed by atoms with Gasteiger partial charge in [-0.2, -0.15) is 0 Å². The summed E-state index contributed by atoms with van der Waals surface area (Å²) in [6, 6.07) is 14.9. The Kier molecular flexibility index (Phi) is 7.90. The van der Waals surface area contributed by atoms with Gasteiger partial charge in [-0.05, 0) is 50.8 Å². The lowest BCUT2D eigenvalue weighted by molar-refractivity contribution is -0.111. The fourth-order valence-electron chi connectivity index (χ4n) is 4.57. The van der Waals surface area contributed by atoms with Gasteiger partial charge < -0.3 is 25.4 Å². The van der Waals surface area contributed by atoms with Crippen LogP contribution in [-0.4, -0.2) is 76.3 Å². The number of carbonyl (C=O) groups excluding carboxylic acids is 2. The molecule has 10 heteroatoms. The molecule has 39 heavy (non-hydrogen) atoms. The fraction of sp³-hybridized carbons (Fsp3) is 0.241. The summed E-state index contributed by atoms with van der Waals surface area (Å²) in [5.74, 6) is 0.208. The third-order valence-electron chi connectivity index (χ3n) is 6.54. The number of H-pyrrole nitrogens is 1. The highest BCUT2D eigenvalue weighted by Crippen LogP contribution is 2.32. The Morgan fingerprint density at radius 2 is 1.97 bits per heavy atom. The minimum Gasteiger partial charge on any atom is -0.360 e. The number of hydrogen-bond donors (Lipinski definition) is 3. The first kappa shape index (κ1) is 26.4. The minimum atomic E-state index is -0.207. The van der Waals surface area contributed by atoms with E-state index in [1.807, 2.05) is 54.4 Å². The topological polar surface area (TPSA) is 106 Å². The van der Waals surface area contributed by atoms with Gasteiger partial charge in [-0.1, -0.05) is 35.9 Å². The Hall–Kier alpha value is -4.21. The Morgan fingerprint density at radius 3 is 2.77 bits per heavy atom. The molecule has 1 saturated heterocycles. The zero-order valence-corrected chi connectivity index (χ0v) is 22.6. The number of nitrogens with zero attached hydrogens (tertiary/aromatic N) is 4. The van der Waals surface area contributed by atoms with Crippen LogP contribution in [0.3, 0.4) is 0 Å². The summed E-state index contributed by atoms with van der Waals surface area (Å²) in [5, 5.41) is 7.68. The van der Waals surface area contributed by atoms with Crippen LogP contribution in [0.15, 0.2) is 73.1 Å². The van der Waals surface area contributed by atoms with Crippen molar-refractivity contribution in [1.29, 1.82) is 0 Å². The lowest BCUT2D eigenvalue weighted by Crippen LogP contribution is -2.31. The van der Waals surface area contributed by atoms with Crippen molar-refractivity contribution in [3.63, 3.8) is 0 Å². The average molecular weight is 544 g/mol. The summed E-state index contributed by atoms with van der Waals surface area (Å²) < 4.78 is 0. The molecule has 0 radical (unpaired) electrons. The van der Waals surface area contributed by atoms with Gasteiger partial charge in [-0.25, -0.2) is 9.97 Å². The number of para-hydroxylation sites is 1. The second-order valence-electron chi connectivity index (χ2n) is 9.75. The Labute approximate surface area is 231 Å². The molecule has 1 aliphatic heterocycles. The Bertz CT molecular complexity index is 1510. The van der Waals surface area contributed by atoms with E-state index >= 15 is 0 Å². The number of fused-ring (bicyclic) bond motifs is 1. The molecule has 2 aromatic carbocycles. The lowest BCUT2D eigenvalue weighted by Gasteiger charge is -2.18. The molecule has 200 valence electrons. The summed E-state index contributed by atoms with van der Waals surface area (Å²) in [5.41, 5.74) is 3.78. The molecule has 0 aliphatic carbocycles. The first-order chi connectivity index (χ1) is 18.9. The highest BCUT2D eigenvalue weighted by Gasteiger charge is 2.27. The van der Waals surface area contributed by atoms with Crippen molar-refractivity contribution >= 4 is 46.0 Å². The first-order valence-electron chi connectivity index (χ1n) is 12.7. The molecule has 9 nitrogen and oxygen atoms in total. The predicted octanol–water partition coefficient (Wildman–Crippen LogP) is 4.66. The number of halogens is 1. The molecule has 1 aliphatic rings. The van der Waals surface area contributed by atoms with Gasteiger partial charge in [0, 0.05) is 65.7 Å². The van der Waals surface area contributed by atoms with Crippen molar-refractivity contribution in [3.8, 4) is 11.3 Å². The number of hydrogen-bond acceptors (Lipinski definition) is 6.